The molecule has 1 aromatic carbocycles. The van der Waals surface area contributed by atoms with E-state index in [0.29, 0.717) is 23.7 Å². The van der Waals surface area contributed by atoms with Gasteiger partial charge in [0.1, 0.15) is 5.75 Å². The third-order valence-electron chi connectivity index (χ3n) is 4.58. The monoisotopic (exact) mass is 387 g/mol. The van der Waals surface area contributed by atoms with E-state index in [-0.39, 0.29) is 11.4 Å². The Morgan fingerprint density at radius 2 is 1.96 bits per heavy atom. The molecule has 0 aliphatic carbocycles. The van der Waals surface area contributed by atoms with Crippen molar-refractivity contribution in [1.82, 2.24) is 4.90 Å². The van der Waals surface area contributed by atoms with Gasteiger partial charge in [0, 0.05) is 0 Å². The summed E-state index contributed by atoms with van der Waals surface area (Å²) in [4.78, 5) is 29.0. The minimum atomic E-state index is -0.614. The molecule has 0 radical (unpaired) electrons. The summed E-state index contributed by atoms with van der Waals surface area (Å²) < 4.78 is 5.20. The van der Waals surface area contributed by atoms with Crippen molar-refractivity contribution < 1.29 is 24.3 Å². The predicted octanol–water partition coefficient (Wildman–Crippen LogP) is 1.48. The van der Waals surface area contributed by atoms with E-state index in [9.17, 15) is 14.7 Å². The zero-order valence-corrected chi connectivity index (χ0v) is 16.4. The summed E-state index contributed by atoms with van der Waals surface area (Å²) >= 11 is 1.30. The number of hydrogen-bond donors (Lipinski definition) is 2. The van der Waals surface area contributed by atoms with Crippen LogP contribution < -0.4 is 9.64 Å². The summed E-state index contributed by atoms with van der Waals surface area (Å²) in [5, 5.41) is 12.3. The molecule has 1 aliphatic heterocycles. The van der Waals surface area contributed by atoms with Gasteiger partial charge in [0.2, 0.25) is 5.78 Å². The van der Waals surface area contributed by atoms with E-state index in [4.69, 9.17) is 4.74 Å². The van der Waals surface area contributed by atoms with Gasteiger partial charge >= 0.3 is 0 Å². The smallest absolute Gasteiger partial charge is 0.290 e. The van der Waals surface area contributed by atoms with Gasteiger partial charge in [-0.2, -0.15) is 0 Å². The molecule has 0 bridgehead atoms. The van der Waals surface area contributed by atoms with Crippen molar-refractivity contribution in [2.45, 2.75) is 6.04 Å². The molecule has 0 unspecified atom stereocenters. The van der Waals surface area contributed by atoms with Crippen LogP contribution in [-0.4, -0.2) is 56.0 Å². The van der Waals surface area contributed by atoms with Gasteiger partial charge in [0.05, 0.1) is 50.8 Å². The standard InChI is InChI=1S/C20H22N2O4S/c1-21(2)10-11-22-17(13-6-8-14(26-3)9-7-13)16(19(24)20(22)25)18(23)15-5-4-12-27-15/h4-9,12,17,24H,10-11H2,1-3H3/p+1/t17-/m0/s1. The average Bonchev–Trinajstić information content (AvgIpc) is 3.28. The molecule has 1 aromatic heterocycles. The number of rotatable bonds is 7. The highest BCUT2D eigenvalue weighted by atomic mass is 32.1. The molecule has 142 valence electrons. The first-order valence-electron chi connectivity index (χ1n) is 8.69. The third-order valence-corrected chi connectivity index (χ3v) is 5.45. The van der Waals surface area contributed by atoms with Crippen LogP contribution in [0.25, 0.3) is 0 Å². The van der Waals surface area contributed by atoms with Crippen LogP contribution in [-0.2, 0) is 4.79 Å². The number of thiophene rings is 1. The normalized spacial score (nSPS) is 17.1. The second kappa shape index (κ2) is 7.94. The third kappa shape index (κ3) is 3.74. The van der Waals surface area contributed by atoms with Gasteiger partial charge in [-0.3, -0.25) is 9.59 Å². The summed E-state index contributed by atoms with van der Waals surface area (Å²) in [5.74, 6) is -0.581. The van der Waals surface area contributed by atoms with E-state index in [1.807, 2.05) is 26.2 Å². The number of quaternary nitrogens is 1. The number of nitrogens with one attached hydrogen (secondary N) is 1. The van der Waals surface area contributed by atoms with Crippen LogP contribution in [0.4, 0.5) is 0 Å². The number of ether oxygens (including phenoxy) is 1. The Balaban J connectivity index is 2.04. The van der Waals surface area contributed by atoms with Crippen molar-refractivity contribution in [1.29, 1.82) is 0 Å². The largest absolute Gasteiger partial charge is 0.503 e. The van der Waals surface area contributed by atoms with Gasteiger partial charge in [-0.1, -0.05) is 18.2 Å². The number of hydrogen-bond acceptors (Lipinski definition) is 5. The van der Waals surface area contributed by atoms with Crippen LogP contribution in [0.3, 0.4) is 0 Å². The van der Waals surface area contributed by atoms with Crippen LogP contribution in [0.1, 0.15) is 21.3 Å². The Kier molecular flexibility index (Phi) is 5.62. The molecule has 2 aromatic rings. The molecule has 0 spiro atoms. The highest BCUT2D eigenvalue weighted by molar-refractivity contribution is 7.12. The maximum atomic E-state index is 13.0. The quantitative estimate of drug-likeness (QED) is 0.706. The fourth-order valence-corrected chi connectivity index (χ4v) is 3.81. The first-order chi connectivity index (χ1) is 12.9. The first kappa shape index (κ1) is 19.1. The number of Topliss-reactive ketones (excluding diaryl/α,β-unsaturated/α-hetero) is 1. The topological polar surface area (TPSA) is 71.3 Å². The Morgan fingerprint density at radius 3 is 2.52 bits per heavy atom. The lowest BCUT2D eigenvalue weighted by Gasteiger charge is -2.27. The van der Waals surface area contributed by atoms with Crippen LogP contribution in [0, 0.1) is 0 Å². The summed E-state index contributed by atoms with van der Waals surface area (Å²) in [6.07, 6.45) is 0. The van der Waals surface area contributed by atoms with Crippen LogP contribution in [0.5, 0.6) is 5.75 Å². The van der Waals surface area contributed by atoms with Crippen molar-refractivity contribution in [2.24, 2.45) is 0 Å². The molecule has 6 nitrogen and oxygen atoms in total. The Morgan fingerprint density at radius 1 is 1.26 bits per heavy atom. The minimum Gasteiger partial charge on any atom is -0.503 e. The SMILES string of the molecule is COc1ccc([C@H]2C(C(=O)c3cccs3)=C(O)C(=O)N2CC[NH+](C)C)cc1. The lowest BCUT2D eigenvalue weighted by Crippen LogP contribution is -3.06. The molecule has 1 amide bonds. The van der Waals surface area contributed by atoms with Crippen molar-refractivity contribution >= 4 is 23.0 Å². The highest BCUT2D eigenvalue weighted by Gasteiger charge is 2.44. The molecule has 27 heavy (non-hydrogen) atoms. The van der Waals surface area contributed by atoms with Crippen molar-refractivity contribution in [3.05, 3.63) is 63.6 Å². The number of carbonyl (C=O) groups is 2. The zero-order valence-electron chi connectivity index (χ0n) is 15.6. The molecule has 2 heterocycles. The Labute approximate surface area is 162 Å². The molecule has 1 atom stereocenters. The molecule has 1 aliphatic rings. The maximum absolute atomic E-state index is 13.0. The van der Waals surface area contributed by atoms with Gasteiger partial charge in [-0.25, -0.2) is 0 Å². The molecule has 0 saturated heterocycles. The van der Waals surface area contributed by atoms with E-state index in [1.165, 1.54) is 16.2 Å². The van der Waals surface area contributed by atoms with Crippen molar-refractivity contribution in [2.75, 3.05) is 34.3 Å². The second-order valence-corrected chi connectivity index (χ2v) is 7.65. The van der Waals surface area contributed by atoms with Gasteiger partial charge in [0.15, 0.2) is 5.76 Å². The number of benzene rings is 1. The number of nitrogens with zero attached hydrogens (tertiary/aromatic N) is 1. The summed E-state index contributed by atoms with van der Waals surface area (Å²) in [6, 6.07) is 10.1. The maximum Gasteiger partial charge on any atom is 0.290 e. The number of methoxy groups -OCH3 is 1. The van der Waals surface area contributed by atoms with Gasteiger partial charge in [-0.05, 0) is 29.1 Å². The Hall–Kier alpha value is -2.64. The van der Waals surface area contributed by atoms with Gasteiger partial charge < -0.3 is 19.6 Å². The number of likely N-dealkylation sites (N-methyl/N-ethyl adjacent to an activating group) is 1. The Bertz CT molecular complexity index is 857. The average molecular weight is 387 g/mol. The van der Waals surface area contributed by atoms with E-state index in [1.54, 1.807) is 41.7 Å². The fraction of sp³-hybridized carbons (Fsp3) is 0.300. The summed E-state index contributed by atoms with van der Waals surface area (Å²) in [7, 11) is 5.57. The second-order valence-electron chi connectivity index (χ2n) is 6.70. The number of aliphatic hydroxyl groups excluding tert-OH is 1. The first-order valence-corrected chi connectivity index (χ1v) is 9.57. The van der Waals surface area contributed by atoms with Gasteiger partial charge in [0.25, 0.3) is 5.91 Å². The molecule has 0 fully saturated rings. The van der Waals surface area contributed by atoms with E-state index < -0.39 is 17.7 Å². The van der Waals surface area contributed by atoms with Crippen LogP contribution in [0.2, 0.25) is 0 Å². The van der Waals surface area contributed by atoms with Crippen LogP contribution in [0.15, 0.2) is 53.1 Å². The molecule has 2 N–H and O–H groups in total. The minimum absolute atomic E-state index is 0.140. The lowest BCUT2D eigenvalue weighted by molar-refractivity contribution is -0.857. The summed E-state index contributed by atoms with van der Waals surface area (Å²) in [6.45, 7) is 1.13. The van der Waals surface area contributed by atoms with E-state index >= 15 is 0 Å². The zero-order chi connectivity index (χ0) is 19.6. The molecule has 3 rings (SSSR count). The van der Waals surface area contributed by atoms with Crippen molar-refractivity contribution in [3.8, 4) is 5.75 Å². The number of amides is 1. The van der Waals surface area contributed by atoms with E-state index in [0.717, 1.165) is 5.56 Å². The van der Waals surface area contributed by atoms with E-state index in [2.05, 4.69) is 0 Å². The van der Waals surface area contributed by atoms with Crippen LogP contribution >= 0.6 is 11.3 Å². The molecule has 7 heteroatoms. The number of carbonyl (C=O) groups excluding carboxylic acids is 2. The molecular formula is C20H23N2O4S+. The number of ketones is 1. The molecule has 0 saturated carbocycles. The summed E-state index contributed by atoms with van der Waals surface area (Å²) in [5.41, 5.74) is 0.906. The molecular weight excluding hydrogens is 364 g/mol. The highest BCUT2D eigenvalue weighted by Crippen LogP contribution is 2.39. The van der Waals surface area contributed by atoms with Crippen molar-refractivity contribution in [3.63, 3.8) is 0 Å². The van der Waals surface area contributed by atoms with Gasteiger partial charge in [-0.15, -0.1) is 11.3 Å². The lowest BCUT2D eigenvalue weighted by atomic mass is 9.95. The fourth-order valence-electron chi connectivity index (χ4n) is 3.13. The number of aliphatic hydroxyl groups is 1. The predicted molar refractivity (Wildman–Crippen MR) is 103 cm³/mol.